The molecule has 2 N–H and O–H groups in total. The molecule has 0 amide bonds. The first-order chi connectivity index (χ1) is 20.0. The zero-order valence-electron chi connectivity index (χ0n) is 24.0. The zero-order valence-corrected chi connectivity index (χ0v) is 24.0. The van der Waals surface area contributed by atoms with Crippen LogP contribution in [0.3, 0.4) is 0 Å². The predicted molar refractivity (Wildman–Crippen MR) is 151 cm³/mol. The van der Waals surface area contributed by atoms with Gasteiger partial charge in [-0.15, -0.1) is 5.10 Å². The molecule has 1 saturated heterocycles. The third kappa shape index (κ3) is 5.68. The summed E-state index contributed by atoms with van der Waals surface area (Å²) in [7, 11) is 0. The maximum Gasteiger partial charge on any atom is 0.313 e. The van der Waals surface area contributed by atoms with Gasteiger partial charge in [-0.05, 0) is 70.2 Å². The molecule has 42 heavy (non-hydrogen) atoms. The van der Waals surface area contributed by atoms with E-state index < -0.39 is 17.0 Å². The number of carbonyl (C=O) groups is 1. The summed E-state index contributed by atoms with van der Waals surface area (Å²) < 4.78 is 34.1. The second-order valence-corrected chi connectivity index (χ2v) is 12.0. The van der Waals surface area contributed by atoms with Crippen molar-refractivity contribution >= 4 is 17.9 Å². The summed E-state index contributed by atoms with van der Waals surface area (Å²) in [6.07, 6.45) is 7.41. The molecule has 11 nitrogen and oxygen atoms in total. The van der Waals surface area contributed by atoms with Crippen molar-refractivity contribution in [3.63, 3.8) is 0 Å². The van der Waals surface area contributed by atoms with E-state index in [1.165, 1.54) is 12.1 Å². The number of aromatic amines is 1. The Balaban J connectivity index is 1.06. The minimum atomic E-state index is -0.821. The molecule has 1 aromatic carbocycles. The number of ether oxygens (including phenoxy) is 1. The van der Waals surface area contributed by atoms with Crippen LogP contribution in [0.1, 0.15) is 55.6 Å². The quantitative estimate of drug-likeness (QED) is 0.311. The van der Waals surface area contributed by atoms with Crippen LogP contribution in [0, 0.1) is 24.0 Å². The molecule has 6 rings (SSSR count). The van der Waals surface area contributed by atoms with Gasteiger partial charge in [0, 0.05) is 36.8 Å². The lowest BCUT2D eigenvalue weighted by atomic mass is 9.98. The van der Waals surface area contributed by atoms with E-state index in [9.17, 15) is 13.6 Å². The Labute approximate surface area is 241 Å². The molecular weight excluding hydrogens is 544 g/mol. The Morgan fingerprint density at radius 2 is 1.88 bits per heavy atom. The number of fused-ring (bicyclic) bond motifs is 1. The van der Waals surface area contributed by atoms with Crippen LogP contribution >= 0.6 is 0 Å². The van der Waals surface area contributed by atoms with Gasteiger partial charge in [0.05, 0.1) is 34.9 Å². The Hall–Kier alpha value is -4.42. The van der Waals surface area contributed by atoms with Gasteiger partial charge in [-0.3, -0.25) is 4.79 Å². The highest BCUT2D eigenvalue weighted by Gasteiger charge is 2.29. The van der Waals surface area contributed by atoms with Gasteiger partial charge >= 0.3 is 5.97 Å². The van der Waals surface area contributed by atoms with Crippen molar-refractivity contribution in [3.8, 4) is 11.3 Å². The monoisotopic (exact) mass is 577 g/mol. The number of halogens is 2. The van der Waals surface area contributed by atoms with E-state index in [4.69, 9.17) is 4.74 Å². The number of aromatic nitrogens is 7. The van der Waals surface area contributed by atoms with Gasteiger partial charge in [-0.25, -0.2) is 28.4 Å². The predicted octanol–water partition coefficient (Wildman–Crippen LogP) is 4.16. The minimum Gasteiger partial charge on any atom is -0.442 e. The van der Waals surface area contributed by atoms with Gasteiger partial charge in [0.2, 0.25) is 11.9 Å². The van der Waals surface area contributed by atoms with Gasteiger partial charge in [0.15, 0.2) is 18.4 Å². The second-order valence-electron chi connectivity index (χ2n) is 12.0. The van der Waals surface area contributed by atoms with E-state index in [0.29, 0.717) is 18.8 Å². The van der Waals surface area contributed by atoms with Crippen molar-refractivity contribution in [2.75, 3.05) is 23.3 Å². The number of nitrogens with zero attached hydrogens (tertiary/aromatic N) is 7. The number of H-pyrrole nitrogens is 1. The number of hydrogen-bond acceptors (Lipinski definition) is 9. The fourth-order valence-corrected chi connectivity index (χ4v) is 5.41. The molecule has 13 heteroatoms. The molecule has 3 aromatic heterocycles. The largest absolute Gasteiger partial charge is 0.442 e. The van der Waals surface area contributed by atoms with Crippen molar-refractivity contribution in [1.82, 2.24) is 34.9 Å². The molecule has 0 bridgehead atoms. The summed E-state index contributed by atoms with van der Waals surface area (Å²) in [5.41, 5.74) is 4.31. The highest BCUT2D eigenvalue weighted by Crippen LogP contribution is 2.31. The van der Waals surface area contributed by atoms with Crippen molar-refractivity contribution in [1.29, 1.82) is 0 Å². The Morgan fingerprint density at radius 3 is 2.57 bits per heavy atom. The van der Waals surface area contributed by atoms with Crippen LogP contribution in [-0.4, -0.2) is 60.0 Å². The molecule has 4 aromatic rings. The molecule has 4 heterocycles. The van der Waals surface area contributed by atoms with E-state index >= 15 is 0 Å². The first-order valence-corrected chi connectivity index (χ1v) is 14.0. The number of rotatable bonds is 7. The minimum absolute atomic E-state index is 0.0328. The maximum atomic E-state index is 13.6. The van der Waals surface area contributed by atoms with Gasteiger partial charge in [-0.1, -0.05) is 5.21 Å². The van der Waals surface area contributed by atoms with Gasteiger partial charge in [0.1, 0.15) is 0 Å². The number of benzene rings is 1. The van der Waals surface area contributed by atoms with Crippen molar-refractivity contribution in [2.45, 2.75) is 65.6 Å². The van der Waals surface area contributed by atoms with Crippen LogP contribution in [0.5, 0.6) is 0 Å². The Morgan fingerprint density at radius 1 is 1.14 bits per heavy atom. The number of anilines is 2. The molecule has 0 saturated carbocycles. The zero-order chi connectivity index (χ0) is 29.6. The van der Waals surface area contributed by atoms with E-state index in [1.807, 2.05) is 33.9 Å². The summed E-state index contributed by atoms with van der Waals surface area (Å²) in [6, 6.07) is 2.52. The molecule has 1 aliphatic heterocycles. The fraction of sp³-hybridized carbons (Fsp3) is 0.448. The Bertz CT molecular complexity index is 1600. The molecule has 1 unspecified atom stereocenters. The second kappa shape index (κ2) is 10.8. The highest BCUT2D eigenvalue weighted by molar-refractivity contribution is 5.75. The first-order valence-electron chi connectivity index (χ1n) is 14.0. The smallest absolute Gasteiger partial charge is 0.313 e. The summed E-state index contributed by atoms with van der Waals surface area (Å²) in [6.45, 7) is 8.89. The molecule has 1 aliphatic carbocycles. The number of hydrogen-bond donors (Lipinski definition) is 2. The van der Waals surface area contributed by atoms with Gasteiger partial charge in [0.25, 0.3) is 0 Å². The number of imidazole rings is 1. The average molecular weight is 578 g/mol. The lowest BCUT2D eigenvalue weighted by molar-refractivity contribution is -0.157. The molecule has 1 atom stereocenters. The van der Waals surface area contributed by atoms with E-state index in [1.54, 1.807) is 17.1 Å². The van der Waals surface area contributed by atoms with Crippen molar-refractivity contribution < 1.29 is 18.3 Å². The molecule has 0 radical (unpaired) electrons. The fourth-order valence-electron chi connectivity index (χ4n) is 5.41. The number of carbonyl (C=O) groups excluding carboxylic acids is 1. The van der Waals surface area contributed by atoms with Crippen molar-refractivity contribution in [2.24, 2.45) is 5.41 Å². The van der Waals surface area contributed by atoms with Crippen LogP contribution in [0.4, 0.5) is 20.7 Å². The standard InChI is InChI=1S/C29H33F2N9O2/c1-16-21(11-32-27(34-16)35-20-7-18-9-22(30)23(31)10-19(18)8-20)24-12-33-28(36-24)39-6-5-17(13-39)25-14-40(38-37-25)15-42-26(41)29(2,3)4/h9-12,14,17,20H,5-8,13,15H2,1-4H3,(H,33,36)(H,32,34,35). The van der Waals surface area contributed by atoms with Crippen LogP contribution in [-0.2, 0) is 29.1 Å². The summed E-state index contributed by atoms with van der Waals surface area (Å²) in [4.78, 5) is 31.3. The summed E-state index contributed by atoms with van der Waals surface area (Å²) in [5, 5.41) is 11.7. The molecule has 1 fully saturated rings. The van der Waals surface area contributed by atoms with E-state index in [2.05, 4.69) is 40.5 Å². The first kappa shape index (κ1) is 27.7. The average Bonchev–Trinajstić information content (AvgIpc) is 3.73. The number of aryl methyl sites for hydroxylation is 1. The molecule has 220 valence electrons. The SMILES string of the molecule is Cc1nc(NC2Cc3cc(F)c(F)cc3C2)ncc1-c1cnc(N2CCC(c3cn(COC(=O)C(C)(C)C)nn3)C2)[nH]1. The molecule has 0 spiro atoms. The summed E-state index contributed by atoms with van der Waals surface area (Å²) in [5.74, 6) is -0.532. The van der Waals surface area contributed by atoms with E-state index in [-0.39, 0.29) is 24.7 Å². The number of esters is 1. The lowest BCUT2D eigenvalue weighted by Gasteiger charge is -2.16. The van der Waals surface area contributed by atoms with Crippen molar-refractivity contribution in [3.05, 3.63) is 64.9 Å². The summed E-state index contributed by atoms with van der Waals surface area (Å²) >= 11 is 0. The Kier molecular flexibility index (Phi) is 7.11. The van der Waals surface area contributed by atoms with Gasteiger partial charge < -0.3 is 19.9 Å². The molecule has 2 aliphatic rings. The lowest BCUT2D eigenvalue weighted by Crippen LogP contribution is -2.24. The maximum absolute atomic E-state index is 13.6. The van der Waals surface area contributed by atoms with Crippen LogP contribution in [0.2, 0.25) is 0 Å². The van der Waals surface area contributed by atoms with Crippen LogP contribution < -0.4 is 10.2 Å². The topological polar surface area (TPSA) is 127 Å². The van der Waals surface area contributed by atoms with E-state index in [0.717, 1.165) is 59.2 Å². The number of nitrogens with one attached hydrogen (secondary N) is 2. The highest BCUT2D eigenvalue weighted by atomic mass is 19.2. The normalized spacial score (nSPS) is 17.1. The third-order valence-electron chi connectivity index (χ3n) is 7.74. The van der Waals surface area contributed by atoms with Crippen LogP contribution in [0.25, 0.3) is 11.3 Å². The van der Waals surface area contributed by atoms with Crippen LogP contribution in [0.15, 0.2) is 30.7 Å². The molecular formula is C29H33F2N9O2. The van der Waals surface area contributed by atoms with Gasteiger partial charge in [-0.2, -0.15) is 0 Å². The third-order valence-corrected chi connectivity index (χ3v) is 7.74.